The summed E-state index contributed by atoms with van der Waals surface area (Å²) in [4.78, 5) is 0. The number of alkyl halides is 10. The summed E-state index contributed by atoms with van der Waals surface area (Å²) in [7, 11) is 0. The van der Waals surface area contributed by atoms with Gasteiger partial charge in [-0.15, -0.1) is 0 Å². The molecule has 1 aromatic rings. The normalized spacial score (nSPS) is 18.9. The zero-order valence-corrected chi connectivity index (χ0v) is 17.4. The van der Waals surface area contributed by atoms with E-state index in [9.17, 15) is 43.9 Å². The van der Waals surface area contributed by atoms with Gasteiger partial charge in [0.15, 0.2) is 0 Å². The topological polar surface area (TPSA) is 18.5 Å². The summed E-state index contributed by atoms with van der Waals surface area (Å²) in [6.45, 7) is 2.75. The number of halogens is 10. The summed E-state index contributed by atoms with van der Waals surface area (Å²) in [5.74, 6) is -13.6. The molecule has 0 fully saturated rings. The Bertz CT molecular complexity index is 813. The maximum absolute atomic E-state index is 13.8. The molecule has 0 bridgehead atoms. The lowest BCUT2D eigenvalue weighted by Gasteiger charge is -2.32. The fraction of sp³-hybridized carbons (Fsp3) is 0.579. The Morgan fingerprint density at radius 3 is 1.84 bits per heavy atom. The van der Waals surface area contributed by atoms with E-state index in [4.69, 9.17) is 4.74 Å². The molecule has 1 aromatic carbocycles. The first kappa shape index (κ1) is 26.5. The van der Waals surface area contributed by atoms with Gasteiger partial charge in [-0.2, -0.15) is 39.5 Å². The summed E-state index contributed by atoms with van der Waals surface area (Å²) in [6, 6.07) is 6.06. The molecule has 0 heterocycles. The predicted molar refractivity (Wildman–Crippen MR) is 96.5 cm³/mol. The third-order valence-electron chi connectivity index (χ3n) is 4.53. The quantitative estimate of drug-likeness (QED) is 0.268. The Hall–Kier alpha value is -1.79. The fourth-order valence-corrected chi connectivity index (χ4v) is 3.21. The molecule has 0 aliphatic heterocycles. The van der Waals surface area contributed by atoms with E-state index in [1.54, 1.807) is 0 Å². The van der Waals surface area contributed by atoms with Gasteiger partial charge in [-0.3, -0.25) is 0 Å². The molecular formula is C19H18F10O2S. The molecule has 32 heavy (non-hydrogen) atoms. The highest BCUT2D eigenvalue weighted by atomic mass is 32.2. The highest BCUT2D eigenvalue weighted by molar-refractivity contribution is 7.95. The van der Waals surface area contributed by atoms with Crippen molar-refractivity contribution in [1.82, 2.24) is 0 Å². The maximum Gasteiger partial charge on any atom is 0.460 e. The predicted octanol–water partition coefficient (Wildman–Crippen LogP) is 7.80. The number of hydrogen-bond donors (Lipinski definition) is 0. The average molecular weight is 500 g/mol. The third-order valence-corrected chi connectivity index (χ3v) is 5.30. The second-order valence-electron chi connectivity index (χ2n) is 7.51. The van der Waals surface area contributed by atoms with Crippen molar-refractivity contribution in [3.63, 3.8) is 0 Å². The Kier molecular flexibility index (Phi) is 7.33. The van der Waals surface area contributed by atoms with Gasteiger partial charge in [0.2, 0.25) is 0 Å². The van der Waals surface area contributed by atoms with Crippen LogP contribution in [-0.4, -0.2) is 29.4 Å². The van der Waals surface area contributed by atoms with Gasteiger partial charge in [0.25, 0.3) is 0 Å². The molecule has 1 aliphatic carbocycles. The molecule has 1 unspecified atom stereocenters. The summed E-state index contributed by atoms with van der Waals surface area (Å²) in [6.07, 6.45) is -6.09. The minimum absolute atomic E-state index is 0.0624. The molecule has 13 heteroatoms. The van der Waals surface area contributed by atoms with E-state index in [1.807, 2.05) is 0 Å². The first-order valence-electron chi connectivity index (χ1n) is 9.09. The van der Waals surface area contributed by atoms with Crippen molar-refractivity contribution in [2.45, 2.75) is 68.2 Å². The second-order valence-corrected chi connectivity index (χ2v) is 8.36. The van der Waals surface area contributed by atoms with Crippen molar-refractivity contribution in [2.24, 2.45) is 0 Å². The van der Waals surface area contributed by atoms with Crippen LogP contribution in [0.5, 0.6) is 5.75 Å². The van der Waals surface area contributed by atoms with Gasteiger partial charge in [0.05, 0.1) is 0 Å². The van der Waals surface area contributed by atoms with Crippen LogP contribution >= 0.6 is 12.0 Å². The molecule has 1 atom stereocenters. The smallest absolute Gasteiger partial charge is 0.460 e. The van der Waals surface area contributed by atoms with Crippen molar-refractivity contribution < 1.29 is 52.8 Å². The van der Waals surface area contributed by atoms with E-state index in [0.717, 1.165) is 0 Å². The van der Waals surface area contributed by atoms with E-state index in [2.05, 4.69) is 4.18 Å². The molecule has 0 radical (unpaired) electrons. The van der Waals surface area contributed by atoms with Crippen LogP contribution in [0.1, 0.15) is 38.7 Å². The van der Waals surface area contributed by atoms with E-state index < -0.39 is 47.1 Å². The van der Waals surface area contributed by atoms with Gasteiger partial charge in [-0.1, -0.05) is 12.1 Å². The molecule has 0 spiro atoms. The van der Waals surface area contributed by atoms with Gasteiger partial charge >= 0.3 is 23.3 Å². The highest BCUT2D eigenvalue weighted by Gasteiger charge is 2.82. The molecule has 2 nitrogen and oxygen atoms in total. The highest BCUT2D eigenvalue weighted by Crippen LogP contribution is 2.57. The van der Waals surface area contributed by atoms with E-state index in [-0.39, 0.29) is 25.0 Å². The van der Waals surface area contributed by atoms with Gasteiger partial charge in [0, 0.05) is 12.8 Å². The van der Waals surface area contributed by atoms with Gasteiger partial charge in [0.1, 0.15) is 35.3 Å². The summed E-state index contributed by atoms with van der Waals surface area (Å²) in [5.41, 5.74) is -1.14. The van der Waals surface area contributed by atoms with Gasteiger partial charge in [-0.05, 0) is 44.0 Å². The molecular weight excluding hydrogens is 482 g/mol. The van der Waals surface area contributed by atoms with Crippen LogP contribution in [0.3, 0.4) is 0 Å². The van der Waals surface area contributed by atoms with Crippen molar-refractivity contribution in [3.05, 3.63) is 41.7 Å². The van der Waals surface area contributed by atoms with Crippen molar-refractivity contribution in [2.75, 3.05) is 0 Å². The van der Waals surface area contributed by atoms with Gasteiger partial charge < -0.3 is 8.92 Å². The minimum Gasteiger partial charge on any atom is -0.490 e. The zero-order valence-electron chi connectivity index (χ0n) is 16.6. The van der Waals surface area contributed by atoms with E-state index >= 15 is 0 Å². The molecule has 0 amide bonds. The Morgan fingerprint density at radius 2 is 1.41 bits per heavy atom. The minimum atomic E-state index is -6.97. The second kappa shape index (κ2) is 8.86. The molecule has 0 saturated carbocycles. The molecule has 2 rings (SSSR count). The Morgan fingerprint density at radius 1 is 0.844 bits per heavy atom. The van der Waals surface area contributed by atoms with Crippen LogP contribution in [0, 0.1) is 0 Å². The van der Waals surface area contributed by atoms with Crippen LogP contribution in [0.15, 0.2) is 36.1 Å². The summed E-state index contributed by atoms with van der Waals surface area (Å²) < 4.78 is 139. The largest absolute Gasteiger partial charge is 0.490 e. The SMILES string of the molecule is CC(C)(F)c1ccc(OC2CC=C(OSC(F)(F)C(F)(F)C(F)(F)C(F)(F)F)CC2)cc1. The fourth-order valence-electron chi connectivity index (χ4n) is 2.61. The first-order chi connectivity index (χ1) is 14.4. The average Bonchev–Trinajstić information content (AvgIpc) is 2.66. The molecule has 182 valence electrons. The molecule has 0 saturated heterocycles. The number of ether oxygens (including phenoxy) is 1. The Balaban J connectivity index is 1.95. The molecule has 1 aliphatic rings. The molecule has 0 aromatic heterocycles. The van der Waals surface area contributed by atoms with Crippen molar-refractivity contribution in [3.8, 4) is 5.75 Å². The first-order valence-corrected chi connectivity index (χ1v) is 9.83. The van der Waals surface area contributed by atoms with Gasteiger partial charge in [-0.25, -0.2) is 4.39 Å². The number of hydrogen-bond acceptors (Lipinski definition) is 3. The monoisotopic (exact) mass is 500 g/mol. The number of benzene rings is 1. The molecule has 0 N–H and O–H groups in total. The van der Waals surface area contributed by atoms with Crippen LogP contribution < -0.4 is 4.74 Å². The van der Waals surface area contributed by atoms with Crippen LogP contribution in [-0.2, 0) is 9.85 Å². The number of allylic oxidation sites excluding steroid dienone is 1. The Labute approximate surface area is 181 Å². The lowest BCUT2D eigenvalue weighted by molar-refractivity contribution is -0.381. The number of rotatable bonds is 8. The third kappa shape index (κ3) is 5.57. The zero-order chi connectivity index (χ0) is 24.6. The van der Waals surface area contributed by atoms with E-state index in [0.29, 0.717) is 11.3 Å². The lowest BCUT2D eigenvalue weighted by Crippen LogP contribution is -2.59. The van der Waals surface area contributed by atoms with Crippen LogP contribution in [0.25, 0.3) is 0 Å². The summed E-state index contributed by atoms with van der Waals surface area (Å²) in [5, 5.41) is -5.87. The summed E-state index contributed by atoms with van der Waals surface area (Å²) >= 11 is -1.46. The van der Waals surface area contributed by atoms with Crippen molar-refractivity contribution >= 4 is 12.0 Å². The lowest BCUT2D eigenvalue weighted by atomic mass is 10.00. The van der Waals surface area contributed by atoms with E-state index in [1.165, 1.54) is 44.2 Å². The maximum atomic E-state index is 13.8. The van der Waals surface area contributed by atoms with Crippen LogP contribution in [0.4, 0.5) is 43.9 Å². The van der Waals surface area contributed by atoms with Crippen molar-refractivity contribution in [1.29, 1.82) is 0 Å². The standard InChI is InChI=1S/C19H18F10O2S/c1-15(2,20)11-3-5-12(6-4-11)30-13-7-9-14(10-8-13)31-32-19(28,29)17(23,24)16(21,22)18(25,26)27/h3-6,9,13H,7-8,10H2,1-2H3. The van der Waals surface area contributed by atoms with Crippen LogP contribution in [0.2, 0.25) is 0 Å².